The normalized spacial score (nSPS) is 12.6. The van der Waals surface area contributed by atoms with Gasteiger partial charge < -0.3 is 4.52 Å². The zero-order valence-electron chi connectivity index (χ0n) is 14.5. The summed E-state index contributed by atoms with van der Waals surface area (Å²) in [6, 6.07) is 5.64. The Morgan fingerprint density at radius 3 is 2.44 bits per heavy atom. The third-order valence-corrected chi connectivity index (χ3v) is 3.54. The molecule has 0 aliphatic heterocycles. The maximum absolute atomic E-state index is 12.8. The number of nitrogens with zero attached hydrogens (tertiary/aromatic N) is 3. The lowest BCUT2D eigenvalue weighted by Crippen LogP contribution is -2.15. The predicted octanol–water partition coefficient (Wildman–Crippen LogP) is 4.82. The lowest BCUT2D eigenvalue weighted by atomic mass is 9.93. The standard InChI is InChI=1S/C17H14ClF3N4O2/c1-16(2,3)14-7-12(25-27-14)15(26)13(8-22)24-23-11-5-9(17(19,20)21)4-10(18)6-11/h4-7,23H,1-3H3/b24-13+. The molecule has 2 rings (SSSR count). The summed E-state index contributed by atoms with van der Waals surface area (Å²) in [7, 11) is 0. The number of nitrogens with one attached hydrogen (secondary N) is 1. The highest BCUT2D eigenvalue weighted by atomic mass is 35.5. The molecule has 0 aliphatic rings. The molecule has 2 aromatic rings. The minimum atomic E-state index is -4.61. The average Bonchev–Trinajstić information content (AvgIpc) is 3.04. The van der Waals surface area contributed by atoms with Crippen molar-refractivity contribution in [3.05, 3.63) is 46.3 Å². The summed E-state index contributed by atoms with van der Waals surface area (Å²) in [5.74, 6) is -0.400. The number of aromatic nitrogens is 1. The van der Waals surface area contributed by atoms with Crippen LogP contribution in [0.3, 0.4) is 0 Å². The molecule has 10 heteroatoms. The van der Waals surface area contributed by atoms with E-state index in [1.54, 1.807) is 6.07 Å². The third-order valence-electron chi connectivity index (χ3n) is 3.32. The Bertz CT molecular complexity index is 937. The molecular weight excluding hydrogens is 385 g/mol. The number of benzene rings is 1. The van der Waals surface area contributed by atoms with Crippen molar-refractivity contribution in [1.29, 1.82) is 5.26 Å². The summed E-state index contributed by atoms with van der Waals surface area (Å²) in [6.07, 6.45) is -4.61. The van der Waals surface area contributed by atoms with E-state index < -0.39 is 28.6 Å². The minimum Gasteiger partial charge on any atom is -0.360 e. The second-order valence-electron chi connectivity index (χ2n) is 6.57. The van der Waals surface area contributed by atoms with Gasteiger partial charge in [-0.3, -0.25) is 10.2 Å². The van der Waals surface area contributed by atoms with Gasteiger partial charge in [0.25, 0.3) is 0 Å². The third kappa shape index (κ3) is 5.08. The number of halogens is 4. The second kappa shape index (κ2) is 7.40. The van der Waals surface area contributed by atoms with Crippen LogP contribution in [0.2, 0.25) is 5.02 Å². The fourth-order valence-corrected chi connectivity index (χ4v) is 2.16. The molecule has 0 atom stereocenters. The summed E-state index contributed by atoms with van der Waals surface area (Å²) in [5.41, 5.74) is -0.0265. The molecule has 142 valence electrons. The largest absolute Gasteiger partial charge is 0.416 e. The van der Waals surface area contributed by atoms with Crippen LogP contribution in [0.4, 0.5) is 18.9 Å². The number of hydrazone groups is 1. The maximum atomic E-state index is 12.8. The summed E-state index contributed by atoms with van der Waals surface area (Å²) in [4.78, 5) is 12.3. The number of nitriles is 1. The van der Waals surface area contributed by atoms with Gasteiger partial charge >= 0.3 is 6.18 Å². The van der Waals surface area contributed by atoms with E-state index in [4.69, 9.17) is 21.4 Å². The van der Waals surface area contributed by atoms with E-state index in [0.29, 0.717) is 5.76 Å². The SMILES string of the molecule is CC(C)(C)c1cc(C(=O)/C(C#N)=N/Nc2cc(Cl)cc(C(F)(F)F)c2)no1. The Balaban J connectivity index is 2.27. The highest BCUT2D eigenvalue weighted by Crippen LogP contribution is 2.33. The molecule has 27 heavy (non-hydrogen) atoms. The molecule has 0 spiro atoms. The Morgan fingerprint density at radius 2 is 1.93 bits per heavy atom. The number of ketones is 1. The van der Waals surface area contributed by atoms with Crippen LogP contribution in [0.5, 0.6) is 0 Å². The first kappa shape index (κ1) is 20.5. The van der Waals surface area contributed by atoms with Crippen molar-refractivity contribution in [2.75, 3.05) is 5.43 Å². The zero-order valence-corrected chi connectivity index (χ0v) is 15.2. The molecule has 0 unspecified atom stereocenters. The first-order valence-electron chi connectivity index (χ1n) is 7.55. The van der Waals surface area contributed by atoms with E-state index >= 15 is 0 Å². The van der Waals surface area contributed by atoms with Crippen LogP contribution in [0.1, 0.15) is 42.6 Å². The van der Waals surface area contributed by atoms with Gasteiger partial charge in [0.05, 0.1) is 11.3 Å². The fraction of sp³-hybridized carbons (Fsp3) is 0.294. The van der Waals surface area contributed by atoms with Gasteiger partial charge in [0.1, 0.15) is 11.8 Å². The Labute approximate surface area is 157 Å². The van der Waals surface area contributed by atoms with Crippen molar-refractivity contribution in [2.45, 2.75) is 32.4 Å². The molecule has 6 nitrogen and oxygen atoms in total. The minimum absolute atomic E-state index is 0.133. The fourth-order valence-electron chi connectivity index (χ4n) is 1.92. The molecule has 1 aromatic heterocycles. The number of carbonyl (C=O) groups is 1. The molecule has 0 fully saturated rings. The van der Waals surface area contributed by atoms with Crippen molar-refractivity contribution >= 4 is 28.8 Å². The van der Waals surface area contributed by atoms with Crippen molar-refractivity contribution in [2.24, 2.45) is 5.10 Å². The van der Waals surface area contributed by atoms with E-state index in [0.717, 1.165) is 12.1 Å². The lowest BCUT2D eigenvalue weighted by Gasteiger charge is -2.12. The molecule has 0 aliphatic carbocycles. The molecule has 1 aromatic carbocycles. The van der Waals surface area contributed by atoms with Crippen molar-refractivity contribution in [3.8, 4) is 6.07 Å². The Morgan fingerprint density at radius 1 is 1.26 bits per heavy atom. The van der Waals surface area contributed by atoms with Crippen LogP contribution in [0.25, 0.3) is 0 Å². The van der Waals surface area contributed by atoms with Crippen LogP contribution < -0.4 is 5.43 Å². The van der Waals surface area contributed by atoms with Crippen LogP contribution in [0.15, 0.2) is 33.9 Å². The Hall–Kier alpha value is -2.86. The van der Waals surface area contributed by atoms with Gasteiger partial charge in [0.15, 0.2) is 5.69 Å². The van der Waals surface area contributed by atoms with Crippen molar-refractivity contribution in [1.82, 2.24) is 5.16 Å². The van der Waals surface area contributed by atoms with Crippen LogP contribution in [-0.4, -0.2) is 16.7 Å². The van der Waals surface area contributed by atoms with Gasteiger partial charge in [-0.05, 0) is 18.2 Å². The van der Waals surface area contributed by atoms with Gasteiger partial charge in [0.2, 0.25) is 11.5 Å². The van der Waals surface area contributed by atoms with Gasteiger partial charge in [0, 0.05) is 16.5 Å². The molecule has 0 saturated carbocycles. The van der Waals surface area contributed by atoms with Crippen molar-refractivity contribution < 1.29 is 22.5 Å². The number of alkyl halides is 3. The average molecular weight is 399 g/mol. The molecule has 0 radical (unpaired) electrons. The molecule has 0 saturated heterocycles. The topological polar surface area (TPSA) is 91.3 Å². The van der Waals surface area contributed by atoms with Crippen molar-refractivity contribution in [3.63, 3.8) is 0 Å². The summed E-state index contributed by atoms with van der Waals surface area (Å²) >= 11 is 5.67. The van der Waals surface area contributed by atoms with E-state index in [1.165, 1.54) is 12.1 Å². The van der Waals surface area contributed by atoms with Gasteiger partial charge in [-0.2, -0.15) is 23.5 Å². The van der Waals surface area contributed by atoms with Crippen LogP contribution >= 0.6 is 11.6 Å². The summed E-state index contributed by atoms with van der Waals surface area (Å²) in [6.45, 7) is 5.54. The van der Waals surface area contributed by atoms with Crippen LogP contribution in [0, 0.1) is 11.3 Å². The highest BCUT2D eigenvalue weighted by molar-refractivity contribution is 6.51. The number of hydrogen-bond donors (Lipinski definition) is 1. The zero-order chi connectivity index (χ0) is 20.4. The maximum Gasteiger partial charge on any atom is 0.416 e. The van der Waals surface area contributed by atoms with E-state index in [2.05, 4.69) is 15.7 Å². The van der Waals surface area contributed by atoms with E-state index in [1.807, 2.05) is 20.8 Å². The van der Waals surface area contributed by atoms with Crippen LogP contribution in [-0.2, 0) is 11.6 Å². The molecular formula is C17H14ClF3N4O2. The molecule has 1 heterocycles. The first-order chi connectivity index (χ1) is 12.4. The Kier molecular flexibility index (Phi) is 5.61. The molecule has 0 bridgehead atoms. The van der Waals surface area contributed by atoms with E-state index in [-0.39, 0.29) is 16.4 Å². The quantitative estimate of drug-likeness (QED) is 0.453. The summed E-state index contributed by atoms with van der Waals surface area (Å²) in [5, 5.41) is 16.1. The monoisotopic (exact) mass is 398 g/mol. The van der Waals surface area contributed by atoms with Gasteiger partial charge in [-0.15, -0.1) is 0 Å². The molecule has 0 amide bonds. The smallest absolute Gasteiger partial charge is 0.360 e. The highest BCUT2D eigenvalue weighted by Gasteiger charge is 2.31. The number of carbonyl (C=O) groups excluding carboxylic acids is 1. The number of rotatable bonds is 4. The molecule has 1 N–H and O–H groups in total. The number of Topliss-reactive ketones (excluding diaryl/α,β-unsaturated/α-hetero) is 1. The van der Waals surface area contributed by atoms with E-state index in [9.17, 15) is 18.0 Å². The lowest BCUT2D eigenvalue weighted by molar-refractivity contribution is -0.137. The number of hydrogen-bond acceptors (Lipinski definition) is 6. The number of anilines is 1. The van der Waals surface area contributed by atoms with Gasteiger partial charge in [-0.1, -0.05) is 37.5 Å². The first-order valence-corrected chi connectivity index (χ1v) is 7.93. The second-order valence-corrected chi connectivity index (χ2v) is 7.00. The summed E-state index contributed by atoms with van der Waals surface area (Å²) < 4.78 is 43.5. The van der Waals surface area contributed by atoms with Gasteiger partial charge in [-0.25, -0.2) is 0 Å². The predicted molar refractivity (Wildman–Crippen MR) is 92.7 cm³/mol.